The van der Waals surface area contributed by atoms with Gasteiger partial charge < -0.3 is 0 Å². The SMILES string of the molecule is O=Cc1cn(-c2ccc(-c3cccc(S)c3)cc2Cl)c(-c2ccccc2Cl)n1. The molecule has 1 heterocycles. The minimum Gasteiger partial charge on any atom is -0.297 e. The lowest BCUT2D eigenvalue weighted by Crippen LogP contribution is -1.98. The van der Waals surface area contributed by atoms with Crippen molar-refractivity contribution in [2.75, 3.05) is 0 Å². The summed E-state index contributed by atoms with van der Waals surface area (Å²) >= 11 is 17.4. The quantitative estimate of drug-likeness (QED) is 0.295. The Hall–Kier alpha value is -2.53. The summed E-state index contributed by atoms with van der Waals surface area (Å²) < 4.78 is 1.78. The maximum absolute atomic E-state index is 11.3. The van der Waals surface area contributed by atoms with E-state index in [2.05, 4.69) is 17.6 Å². The molecule has 28 heavy (non-hydrogen) atoms. The maximum Gasteiger partial charge on any atom is 0.170 e. The van der Waals surface area contributed by atoms with Gasteiger partial charge in [-0.05, 0) is 47.5 Å². The number of halogens is 2. The Kier molecular flexibility index (Phi) is 5.27. The topological polar surface area (TPSA) is 34.9 Å². The number of carbonyl (C=O) groups is 1. The number of aldehydes is 1. The molecule has 0 fully saturated rings. The summed E-state index contributed by atoms with van der Waals surface area (Å²) in [6, 6.07) is 21.0. The Morgan fingerprint density at radius 2 is 1.68 bits per heavy atom. The van der Waals surface area contributed by atoms with Gasteiger partial charge in [-0.1, -0.05) is 53.5 Å². The first-order valence-corrected chi connectivity index (χ1v) is 9.66. The molecule has 0 saturated heterocycles. The van der Waals surface area contributed by atoms with E-state index >= 15 is 0 Å². The normalized spacial score (nSPS) is 10.8. The Morgan fingerprint density at radius 3 is 2.39 bits per heavy atom. The van der Waals surface area contributed by atoms with Crippen LogP contribution in [0.2, 0.25) is 10.0 Å². The summed E-state index contributed by atoms with van der Waals surface area (Å²) in [6.45, 7) is 0. The van der Waals surface area contributed by atoms with Crippen molar-refractivity contribution >= 4 is 42.1 Å². The highest BCUT2D eigenvalue weighted by Crippen LogP contribution is 2.33. The van der Waals surface area contributed by atoms with Crippen molar-refractivity contribution in [3.63, 3.8) is 0 Å². The second kappa shape index (κ2) is 7.84. The summed E-state index contributed by atoms with van der Waals surface area (Å²) in [5.74, 6) is 0.555. The lowest BCUT2D eigenvalue weighted by Gasteiger charge is -2.12. The predicted molar refractivity (Wildman–Crippen MR) is 117 cm³/mol. The average Bonchev–Trinajstić information content (AvgIpc) is 3.12. The fourth-order valence-electron chi connectivity index (χ4n) is 3.04. The van der Waals surface area contributed by atoms with Crippen molar-refractivity contribution < 1.29 is 4.79 Å². The molecule has 0 saturated carbocycles. The molecule has 1 aromatic heterocycles. The van der Waals surface area contributed by atoms with Gasteiger partial charge in [-0.2, -0.15) is 0 Å². The molecule has 0 radical (unpaired) electrons. The molecule has 0 aliphatic rings. The first kappa shape index (κ1) is 18.8. The van der Waals surface area contributed by atoms with E-state index in [1.807, 2.05) is 60.7 Å². The Bertz CT molecular complexity index is 1190. The largest absolute Gasteiger partial charge is 0.297 e. The second-order valence-corrected chi connectivity index (χ2v) is 7.50. The van der Waals surface area contributed by atoms with Crippen molar-refractivity contribution in [3.8, 4) is 28.2 Å². The summed E-state index contributed by atoms with van der Waals surface area (Å²) in [5, 5.41) is 1.08. The number of imidazole rings is 1. The monoisotopic (exact) mass is 424 g/mol. The van der Waals surface area contributed by atoms with Crippen LogP contribution in [0.1, 0.15) is 10.5 Å². The van der Waals surface area contributed by atoms with E-state index in [1.54, 1.807) is 16.8 Å². The highest BCUT2D eigenvalue weighted by Gasteiger charge is 2.16. The molecule has 4 aromatic rings. The van der Waals surface area contributed by atoms with Crippen LogP contribution in [0, 0.1) is 0 Å². The van der Waals surface area contributed by atoms with Crippen LogP contribution in [-0.2, 0) is 0 Å². The predicted octanol–water partition coefficient (Wildman–Crippen LogP) is 6.61. The third kappa shape index (κ3) is 3.59. The van der Waals surface area contributed by atoms with Crippen molar-refractivity contribution in [2.45, 2.75) is 4.90 Å². The van der Waals surface area contributed by atoms with Crippen LogP contribution in [0.4, 0.5) is 0 Å². The maximum atomic E-state index is 11.3. The van der Waals surface area contributed by atoms with Crippen LogP contribution in [0.25, 0.3) is 28.2 Å². The van der Waals surface area contributed by atoms with Crippen LogP contribution >= 0.6 is 35.8 Å². The van der Waals surface area contributed by atoms with Crippen LogP contribution < -0.4 is 0 Å². The molecule has 138 valence electrons. The molecule has 3 nitrogen and oxygen atoms in total. The molecule has 0 aliphatic heterocycles. The van der Waals surface area contributed by atoms with E-state index < -0.39 is 0 Å². The van der Waals surface area contributed by atoms with Gasteiger partial charge >= 0.3 is 0 Å². The van der Waals surface area contributed by atoms with Gasteiger partial charge in [0, 0.05) is 16.7 Å². The van der Waals surface area contributed by atoms with E-state index in [0.717, 1.165) is 21.6 Å². The molecule has 0 amide bonds. The molecule has 0 bridgehead atoms. The van der Waals surface area contributed by atoms with Crippen molar-refractivity contribution in [2.24, 2.45) is 0 Å². The highest BCUT2D eigenvalue weighted by molar-refractivity contribution is 7.80. The lowest BCUT2D eigenvalue weighted by atomic mass is 10.1. The van der Waals surface area contributed by atoms with Gasteiger partial charge in [-0.3, -0.25) is 9.36 Å². The fraction of sp³-hybridized carbons (Fsp3) is 0. The summed E-state index contributed by atoms with van der Waals surface area (Å²) in [7, 11) is 0. The second-order valence-electron chi connectivity index (χ2n) is 6.17. The third-order valence-electron chi connectivity index (χ3n) is 4.35. The van der Waals surface area contributed by atoms with Crippen LogP contribution in [0.3, 0.4) is 0 Å². The van der Waals surface area contributed by atoms with Gasteiger partial charge in [0.25, 0.3) is 0 Å². The average molecular weight is 425 g/mol. The van der Waals surface area contributed by atoms with Crippen LogP contribution in [0.15, 0.2) is 77.8 Å². The number of aromatic nitrogens is 2. The van der Waals surface area contributed by atoms with E-state index in [4.69, 9.17) is 23.2 Å². The number of thiol groups is 1. The number of rotatable bonds is 4. The number of hydrogen-bond donors (Lipinski definition) is 1. The van der Waals surface area contributed by atoms with Crippen molar-refractivity contribution in [1.82, 2.24) is 9.55 Å². The number of nitrogens with zero attached hydrogens (tertiary/aromatic N) is 2. The molecular weight excluding hydrogens is 411 g/mol. The summed E-state index contributed by atoms with van der Waals surface area (Å²) in [4.78, 5) is 16.6. The first-order chi connectivity index (χ1) is 13.6. The zero-order chi connectivity index (χ0) is 19.7. The molecule has 0 spiro atoms. The number of benzene rings is 3. The molecule has 3 aromatic carbocycles. The Morgan fingerprint density at radius 1 is 0.893 bits per heavy atom. The lowest BCUT2D eigenvalue weighted by molar-refractivity contribution is 0.111. The Labute approximate surface area is 178 Å². The minimum absolute atomic E-state index is 0.304. The number of hydrogen-bond acceptors (Lipinski definition) is 3. The van der Waals surface area contributed by atoms with Gasteiger partial charge in [-0.25, -0.2) is 4.98 Å². The molecule has 0 atom stereocenters. The van der Waals surface area contributed by atoms with Gasteiger partial charge in [0.05, 0.1) is 15.7 Å². The van der Waals surface area contributed by atoms with Gasteiger partial charge in [0.15, 0.2) is 6.29 Å². The molecule has 4 rings (SSSR count). The van der Waals surface area contributed by atoms with E-state index in [9.17, 15) is 4.79 Å². The molecule has 0 aliphatic carbocycles. The minimum atomic E-state index is 0.304. The zero-order valence-corrected chi connectivity index (χ0v) is 16.9. The fourth-order valence-corrected chi connectivity index (χ4v) is 3.76. The smallest absolute Gasteiger partial charge is 0.170 e. The van der Waals surface area contributed by atoms with E-state index in [1.165, 1.54) is 0 Å². The van der Waals surface area contributed by atoms with Gasteiger partial charge in [0.2, 0.25) is 0 Å². The van der Waals surface area contributed by atoms with Gasteiger partial charge in [-0.15, -0.1) is 12.6 Å². The van der Waals surface area contributed by atoms with Crippen LogP contribution in [-0.4, -0.2) is 15.8 Å². The van der Waals surface area contributed by atoms with Crippen molar-refractivity contribution in [1.29, 1.82) is 0 Å². The summed E-state index contributed by atoms with van der Waals surface area (Å²) in [6.07, 6.45) is 2.36. The van der Waals surface area contributed by atoms with E-state index in [0.29, 0.717) is 33.5 Å². The van der Waals surface area contributed by atoms with Crippen LogP contribution in [0.5, 0.6) is 0 Å². The molecule has 0 unspecified atom stereocenters. The molecule has 0 N–H and O–H groups in total. The summed E-state index contributed by atoms with van der Waals surface area (Å²) in [5.41, 5.74) is 3.73. The Balaban J connectivity index is 1.85. The zero-order valence-electron chi connectivity index (χ0n) is 14.5. The number of carbonyl (C=O) groups excluding carboxylic acids is 1. The molecular formula is C22H14Cl2N2OS. The van der Waals surface area contributed by atoms with Gasteiger partial charge in [0.1, 0.15) is 11.5 Å². The van der Waals surface area contributed by atoms with E-state index in [-0.39, 0.29) is 0 Å². The van der Waals surface area contributed by atoms with Crippen molar-refractivity contribution in [3.05, 3.63) is 88.7 Å². The standard InChI is InChI=1S/C22H14Cl2N2OS/c23-19-7-2-1-6-18(19)22-25-16(13-27)12-26(22)21-9-8-15(11-20(21)24)14-4-3-5-17(28)10-14/h1-13,28H. The molecule has 6 heteroatoms. The first-order valence-electron chi connectivity index (χ1n) is 8.45. The highest BCUT2D eigenvalue weighted by atomic mass is 35.5. The third-order valence-corrected chi connectivity index (χ3v) is 5.26.